The highest BCUT2D eigenvalue weighted by Crippen LogP contribution is 2.18. The number of benzene rings is 1. The lowest BCUT2D eigenvalue weighted by molar-refractivity contribution is 0.102. The van der Waals surface area contributed by atoms with Crippen molar-refractivity contribution in [1.29, 1.82) is 0 Å². The first-order valence-corrected chi connectivity index (χ1v) is 4.15. The van der Waals surface area contributed by atoms with E-state index in [-0.39, 0.29) is 17.4 Å². The highest BCUT2D eigenvalue weighted by molar-refractivity contribution is 6.30. The zero-order valence-corrected chi connectivity index (χ0v) is 7.77. The third-order valence-corrected chi connectivity index (χ3v) is 1.84. The van der Waals surface area contributed by atoms with Gasteiger partial charge < -0.3 is 4.74 Å². The Morgan fingerprint density at radius 2 is 2.31 bits per heavy atom. The van der Waals surface area contributed by atoms with E-state index in [2.05, 4.69) is 0 Å². The molecular weight excluding hydrogens is 195 g/mol. The van der Waals surface area contributed by atoms with E-state index >= 15 is 0 Å². The Balaban J connectivity index is 3.06. The van der Waals surface area contributed by atoms with Crippen LogP contribution in [-0.4, -0.2) is 18.8 Å². The molecular formula is C9H8ClFO2. The average molecular weight is 203 g/mol. The normalized spacial score (nSPS) is 9.77. The van der Waals surface area contributed by atoms with Crippen LogP contribution in [0.2, 0.25) is 0 Å². The van der Waals surface area contributed by atoms with Crippen LogP contribution in [0.4, 0.5) is 4.39 Å². The summed E-state index contributed by atoms with van der Waals surface area (Å²) in [6, 6.07) is 3.89. The van der Waals surface area contributed by atoms with E-state index in [4.69, 9.17) is 16.3 Å². The zero-order valence-electron chi connectivity index (χ0n) is 7.01. The summed E-state index contributed by atoms with van der Waals surface area (Å²) in [5, 5.41) is 0. The summed E-state index contributed by atoms with van der Waals surface area (Å²) >= 11 is 5.34. The molecule has 13 heavy (non-hydrogen) atoms. The highest BCUT2D eigenvalue weighted by Gasteiger charge is 2.08. The predicted octanol–water partition coefficient (Wildman–Crippen LogP) is 2.26. The number of Topliss-reactive ketones (excluding diaryl/α,β-unsaturated/α-hetero) is 1. The van der Waals surface area contributed by atoms with Crippen molar-refractivity contribution in [3.63, 3.8) is 0 Å². The monoisotopic (exact) mass is 202 g/mol. The molecule has 4 heteroatoms. The van der Waals surface area contributed by atoms with Crippen LogP contribution in [0.15, 0.2) is 18.2 Å². The zero-order chi connectivity index (χ0) is 9.84. The molecule has 0 atom stereocenters. The summed E-state index contributed by atoms with van der Waals surface area (Å²) in [7, 11) is 1.34. The van der Waals surface area contributed by atoms with E-state index < -0.39 is 5.82 Å². The van der Waals surface area contributed by atoms with Crippen molar-refractivity contribution in [2.24, 2.45) is 0 Å². The number of hydrogen-bond acceptors (Lipinski definition) is 2. The van der Waals surface area contributed by atoms with Crippen LogP contribution in [0.3, 0.4) is 0 Å². The van der Waals surface area contributed by atoms with Gasteiger partial charge in [0.15, 0.2) is 17.3 Å². The molecule has 0 radical (unpaired) electrons. The lowest BCUT2D eigenvalue weighted by atomic mass is 10.1. The molecule has 2 nitrogen and oxygen atoms in total. The first kappa shape index (κ1) is 9.99. The number of rotatable bonds is 3. The number of methoxy groups -OCH3 is 1. The molecule has 1 rings (SSSR count). The Kier molecular flexibility index (Phi) is 3.25. The van der Waals surface area contributed by atoms with Crippen LogP contribution in [0.25, 0.3) is 0 Å². The molecule has 0 heterocycles. The van der Waals surface area contributed by atoms with Crippen LogP contribution in [0.1, 0.15) is 10.4 Å². The van der Waals surface area contributed by atoms with Gasteiger partial charge in [-0.25, -0.2) is 4.39 Å². The molecule has 0 N–H and O–H groups in total. The Hall–Kier alpha value is -1.09. The summed E-state index contributed by atoms with van der Waals surface area (Å²) in [5.74, 6) is -0.807. The lowest BCUT2D eigenvalue weighted by Gasteiger charge is -2.03. The number of hydrogen-bond donors (Lipinski definition) is 0. The van der Waals surface area contributed by atoms with Crippen molar-refractivity contribution in [2.75, 3.05) is 13.0 Å². The average Bonchev–Trinajstić information content (AvgIpc) is 2.17. The molecule has 0 aromatic heterocycles. The largest absolute Gasteiger partial charge is 0.494 e. The van der Waals surface area contributed by atoms with Gasteiger partial charge in [0.05, 0.1) is 13.0 Å². The van der Waals surface area contributed by atoms with Crippen LogP contribution in [-0.2, 0) is 0 Å². The van der Waals surface area contributed by atoms with Crippen LogP contribution < -0.4 is 4.74 Å². The number of alkyl halides is 1. The van der Waals surface area contributed by atoms with Crippen molar-refractivity contribution in [2.45, 2.75) is 0 Å². The maximum atomic E-state index is 12.9. The van der Waals surface area contributed by atoms with Crippen LogP contribution >= 0.6 is 11.6 Å². The molecule has 0 aliphatic rings. The summed E-state index contributed by atoms with van der Waals surface area (Å²) in [5.41, 5.74) is 0.355. The Labute approximate surface area is 80.3 Å². The minimum Gasteiger partial charge on any atom is -0.494 e. The number of carbonyl (C=O) groups excluding carboxylic acids is 1. The molecule has 70 valence electrons. The minimum absolute atomic E-state index is 0.0518. The fraction of sp³-hybridized carbons (Fsp3) is 0.222. The fourth-order valence-electron chi connectivity index (χ4n) is 0.910. The predicted molar refractivity (Wildman–Crippen MR) is 48.0 cm³/mol. The first-order chi connectivity index (χ1) is 6.19. The molecule has 0 aliphatic carbocycles. The maximum Gasteiger partial charge on any atom is 0.177 e. The molecule has 0 saturated carbocycles. The Bertz CT molecular complexity index is 325. The van der Waals surface area contributed by atoms with Gasteiger partial charge in [0.25, 0.3) is 0 Å². The molecule has 0 unspecified atom stereocenters. The van der Waals surface area contributed by atoms with Gasteiger partial charge in [-0.05, 0) is 18.2 Å². The summed E-state index contributed by atoms with van der Waals surface area (Å²) in [4.78, 5) is 11.1. The second kappa shape index (κ2) is 4.23. The van der Waals surface area contributed by atoms with E-state index in [0.29, 0.717) is 5.56 Å². The van der Waals surface area contributed by atoms with E-state index in [1.807, 2.05) is 0 Å². The number of carbonyl (C=O) groups is 1. The molecule has 0 amide bonds. The third-order valence-electron chi connectivity index (χ3n) is 1.59. The third kappa shape index (κ3) is 2.18. The smallest absolute Gasteiger partial charge is 0.177 e. The minimum atomic E-state index is -0.492. The molecule has 0 fully saturated rings. The van der Waals surface area contributed by atoms with Crippen molar-refractivity contribution >= 4 is 17.4 Å². The van der Waals surface area contributed by atoms with Crippen molar-refractivity contribution in [3.05, 3.63) is 29.6 Å². The van der Waals surface area contributed by atoms with E-state index in [9.17, 15) is 9.18 Å². The summed E-state index contributed by atoms with van der Waals surface area (Å²) in [6.45, 7) is 0. The highest BCUT2D eigenvalue weighted by atomic mass is 35.5. The summed E-state index contributed by atoms with van der Waals surface area (Å²) in [6.07, 6.45) is 0. The van der Waals surface area contributed by atoms with E-state index in [1.54, 1.807) is 0 Å². The molecule has 0 saturated heterocycles. The Morgan fingerprint density at radius 1 is 1.62 bits per heavy atom. The van der Waals surface area contributed by atoms with Gasteiger partial charge in [0.1, 0.15) is 0 Å². The standard InChI is InChI=1S/C9H8ClFO2/c1-13-9-4-6(8(12)5-10)2-3-7(9)11/h2-4H,5H2,1H3. The number of halogens is 2. The second-order valence-electron chi connectivity index (χ2n) is 2.41. The fourth-order valence-corrected chi connectivity index (χ4v) is 1.06. The summed E-state index contributed by atoms with van der Waals surface area (Å²) < 4.78 is 17.6. The molecule has 0 bridgehead atoms. The lowest BCUT2D eigenvalue weighted by Crippen LogP contribution is -2.01. The molecule has 1 aromatic carbocycles. The van der Waals surface area contributed by atoms with Gasteiger partial charge in [-0.15, -0.1) is 11.6 Å². The first-order valence-electron chi connectivity index (χ1n) is 3.61. The molecule has 0 spiro atoms. The van der Waals surface area contributed by atoms with Gasteiger partial charge in [-0.3, -0.25) is 4.79 Å². The number of ether oxygens (including phenoxy) is 1. The number of ketones is 1. The van der Waals surface area contributed by atoms with E-state index in [1.165, 1.54) is 25.3 Å². The quantitative estimate of drug-likeness (QED) is 0.555. The molecule has 1 aromatic rings. The van der Waals surface area contributed by atoms with Crippen LogP contribution in [0.5, 0.6) is 5.75 Å². The molecule has 0 aliphatic heterocycles. The van der Waals surface area contributed by atoms with Crippen LogP contribution in [0, 0.1) is 5.82 Å². The van der Waals surface area contributed by atoms with Gasteiger partial charge in [0.2, 0.25) is 0 Å². The second-order valence-corrected chi connectivity index (χ2v) is 2.67. The van der Waals surface area contributed by atoms with Crippen molar-refractivity contribution < 1.29 is 13.9 Å². The van der Waals surface area contributed by atoms with Gasteiger partial charge in [-0.2, -0.15) is 0 Å². The SMILES string of the molecule is COc1cc(C(=O)CCl)ccc1F. The van der Waals surface area contributed by atoms with Gasteiger partial charge in [0, 0.05) is 5.56 Å². The van der Waals surface area contributed by atoms with Gasteiger partial charge >= 0.3 is 0 Å². The topological polar surface area (TPSA) is 26.3 Å². The van der Waals surface area contributed by atoms with Crippen molar-refractivity contribution in [3.8, 4) is 5.75 Å². The Morgan fingerprint density at radius 3 is 2.85 bits per heavy atom. The van der Waals surface area contributed by atoms with E-state index in [0.717, 1.165) is 0 Å². The van der Waals surface area contributed by atoms with Gasteiger partial charge in [-0.1, -0.05) is 0 Å². The van der Waals surface area contributed by atoms with Crippen molar-refractivity contribution in [1.82, 2.24) is 0 Å². The maximum absolute atomic E-state index is 12.9.